The maximum atomic E-state index is 11.8. The Kier molecular flexibility index (Phi) is 8.33. The van der Waals surface area contributed by atoms with Gasteiger partial charge in [0.1, 0.15) is 6.10 Å². The Morgan fingerprint density at radius 1 is 0.864 bits per heavy atom. The second-order valence-corrected chi connectivity index (χ2v) is 7.64. The molecule has 2 saturated carbocycles. The topological polar surface area (TPSA) is 26.3 Å². The van der Waals surface area contributed by atoms with Crippen molar-refractivity contribution in [3.63, 3.8) is 0 Å². The van der Waals surface area contributed by atoms with Crippen molar-refractivity contribution in [1.82, 2.24) is 0 Å². The highest BCUT2D eigenvalue weighted by atomic mass is 16.5. The van der Waals surface area contributed by atoms with Gasteiger partial charge in [-0.25, -0.2) is 0 Å². The van der Waals surface area contributed by atoms with Crippen LogP contribution in [-0.2, 0) is 9.53 Å². The maximum Gasteiger partial charge on any atom is 0.306 e. The summed E-state index contributed by atoms with van der Waals surface area (Å²) in [7, 11) is 0. The molecule has 0 N–H and O–H groups in total. The lowest BCUT2D eigenvalue weighted by atomic mass is 9.79. The van der Waals surface area contributed by atoms with Crippen LogP contribution in [0.2, 0.25) is 0 Å². The molecule has 0 aromatic heterocycles. The fourth-order valence-electron chi connectivity index (χ4n) is 4.24. The Labute approximate surface area is 137 Å². The zero-order valence-corrected chi connectivity index (χ0v) is 14.7. The summed E-state index contributed by atoms with van der Waals surface area (Å²) in [5.41, 5.74) is 0. The Bertz CT molecular complexity index is 299. The molecule has 2 heteroatoms. The van der Waals surface area contributed by atoms with Crippen molar-refractivity contribution in [1.29, 1.82) is 0 Å². The zero-order valence-electron chi connectivity index (χ0n) is 14.7. The molecule has 0 amide bonds. The van der Waals surface area contributed by atoms with Gasteiger partial charge in [0.2, 0.25) is 0 Å². The Hall–Kier alpha value is -0.530. The third-order valence-corrected chi connectivity index (χ3v) is 5.89. The zero-order chi connectivity index (χ0) is 15.6. The molecule has 0 atom stereocenters. The molecule has 2 nitrogen and oxygen atoms in total. The predicted octanol–water partition coefficient (Wildman–Crippen LogP) is 6.03. The van der Waals surface area contributed by atoms with Gasteiger partial charge in [-0.1, -0.05) is 64.7 Å². The standard InChI is InChI=1S/C20H36O2/c1-2-17-13-15-18(16-14-17)9-5-3-8-12-20(21)22-19-10-6-4-7-11-19/h17-19H,2-16H2,1H3. The van der Waals surface area contributed by atoms with E-state index in [1.807, 2.05) is 0 Å². The third kappa shape index (κ3) is 6.71. The summed E-state index contributed by atoms with van der Waals surface area (Å²) in [5.74, 6) is 2.03. The van der Waals surface area contributed by atoms with Gasteiger partial charge in [0, 0.05) is 6.42 Å². The van der Waals surface area contributed by atoms with Crippen molar-refractivity contribution in [2.45, 2.75) is 109 Å². The van der Waals surface area contributed by atoms with Crippen molar-refractivity contribution >= 4 is 5.97 Å². The van der Waals surface area contributed by atoms with Crippen molar-refractivity contribution in [2.24, 2.45) is 11.8 Å². The summed E-state index contributed by atoms with van der Waals surface area (Å²) in [6.45, 7) is 2.33. The van der Waals surface area contributed by atoms with E-state index >= 15 is 0 Å². The molecule has 128 valence electrons. The fraction of sp³-hybridized carbons (Fsp3) is 0.950. The highest BCUT2D eigenvalue weighted by Gasteiger charge is 2.20. The quantitative estimate of drug-likeness (QED) is 0.404. The summed E-state index contributed by atoms with van der Waals surface area (Å²) in [5, 5.41) is 0. The number of ether oxygens (including phenoxy) is 1. The number of rotatable bonds is 8. The number of carbonyl (C=O) groups excluding carboxylic acids is 1. The minimum atomic E-state index is 0.0513. The summed E-state index contributed by atoms with van der Waals surface area (Å²) in [4.78, 5) is 11.8. The summed E-state index contributed by atoms with van der Waals surface area (Å²) in [6.07, 6.45) is 18.9. The summed E-state index contributed by atoms with van der Waals surface area (Å²) < 4.78 is 5.57. The van der Waals surface area contributed by atoms with Crippen LogP contribution >= 0.6 is 0 Å². The molecule has 0 aromatic carbocycles. The van der Waals surface area contributed by atoms with E-state index in [4.69, 9.17) is 4.74 Å². The van der Waals surface area contributed by atoms with Crippen LogP contribution in [0.3, 0.4) is 0 Å². The first-order valence-corrected chi connectivity index (χ1v) is 9.97. The molecule has 22 heavy (non-hydrogen) atoms. The molecule has 2 fully saturated rings. The van der Waals surface area contributed by atoms with Crippen LogP contribution in [0, 0.1) is 11.8 Å². The van der Waals surface area contributed by atoms with Gasteiger partial charge in [-0.15, -0.1) is 0 Å². The second kappa shape index (κ2) is 10.3. The van der Waals surface area contributed by atoms with Gasteiger partial charge in [0.05, 0.1) is 0 Å². The van der Waals surface area contributed by atoms with E-state index in [0.717, 1.165) is 31.1 Å². The molecule has 0 aromatic rings. The number of hydrogen-bond donors (Lipinski definition) is 0. The van der Waals surface area contributed by atoms with E-state index < -0.39 is 0 Å². The Balaban J connectivity index is 1.44. The minimum Gasteiger partial charge on any atom is -0.462 e. The highest BCUT2D eigenvalue weighted by Crippen LogP contribution is 2.33. The SMILES string of the molecule is CCC1CCC(CCCCCC(=O)OC2CCCCC2)CC1. The average Bonchev–Trinajstić information content (AvgIpc) is 2.56. The van der Waals surface area contributed by atoms with E-state index in [-0.39, 0.29) is 12.1 Å². The van der Waals surface area contributed by atoms with Crippen molar-refractivity contribution in [3.05, 3.63) is 0 Å². The van der Waals surface area contributed by atoms with Gasteiger partial charge in [-0.05, 0) is 43.9 Å². The minimum absolute atomic E-state index is 0.0513. The second-order valence-electron chi connectivity index (χ2n) is 7.64. The lowest BCUT2D eigenvalue weighted by Gasteiger charge is -2.27. The van der Waals surface area contributed by atoms with E-state index in [1.165, 1.54) is 70.6 Å². The molecule has 2 rings (SSSR count). The molecule has 0 bridgehead atoms. The first kappa shape index (κ1) is 17.8. The van der Waals surface area contributed by atoms with Gasteiger partial charge in [0.25, 0.3) is 0 Å². The van der Waals surface area contributed by atoms with Crippen LogP contribution in [0.1, 0.15) is 103 Å². The molecular formula is C20H36O2. The van der Waals surface area contributed by atoms with Crippen LogP contribution in [0.15, 0.2) is 0 Å². The number of carbonyl (C=O) groups is 1. The normalized spacial score (nSPS) is 26.8. The molecule has 2 aliphatic carbocycles. The van der Waals surface area contributed by atoms with Gasteiger partial charge in [0.15, 0.2) is 0 Å². The monoisotopic (exact) mass is 308 g/mol. The molecule has 0 aliphatic heterocycles. The van der Waals surface area contributed by atoms with Gasteiger partial charge >= 0.3 is 5.97 Å². The first-order valence-electron chi connectivity index (χ1n) is 9.97. The van der Waals surface area contributed by atoms with Crippen LogP contribution in [0.4, 0.5) is 0 Å². The van der Waals surface area contributed by atoms with Crippen molar-refractivity contribution in [3.8, 4) is 0 Å². The van der Waals surface area contributed by atoms with Crippen molar-refractivity contribution < 1.29 is 9.53 Å². The van der Waals surface area contributed by atoms with E-state index in [0.29, 0.717) is 6.42 Å². The molecule has 0 spiro atoms. The van der Waals surface area contributed by atoms with Crippen LogP contribution in [-0.4, -0.2) is 12.1 Å². The fourth-order valence-corrected chi connectivity index (χ4v) is 4.24. The maximum absolute atomic E-state index is 11.8. The van der Waals surface area contributed by atoms with Gasteiger partial charge < -0.3 is 4.74 Å². The molecule has 0 saturated heterocycles. The van der Waals surface area contributed by atoms with Crippen molar-refractivity contribution in [2.75, 3.05) is 0 Å². The van der Waals surface area contributed by atoms with Crippen LogP contribution < -0.4 is 0 Å². The van der Waals surface area contributed by atoms with Gasteiger partial charge in [-0.3, -0.25) is 4.79 Å². The number of esters is 1. The molecule has 0 heterocycles. The van der Waals surface area contributed by atoms with E-state index in [2.05, 4.69) is 6.92 Å². The van der Waals surface area contributed by atoms with Crippen LogP contribution in [0.5, 0.6) is 0 Å². The lowest BCUT2D eigenvalue weighted by molar-refractivity contribution is -0.150. The highest BCUT2D eigenvalue weighted by molar-refractivity contribution is 5.69. The van der Waals surface area contributed by atoms with Gasteiger partial charge in [-0.2, -0.15) is 0 Å². The van der Waals surface area contributed by atoms with E-state index in [1.54, 1.807) is 0 Å². The largest absolute Gasteiger partial charge is 0.462 e. The average molecular weight is 309 g/mol. The first-order chi connectivity index (χ1) is 10.8. The molecule has 0 radical (unpaired) electrons. The Morgan fingerprint density at radius 2 is 1.55 bits per heavy atom. The molecule has 0 unspecified atom stereocenters. The third-order valence-electron chi connectivity index (χ3n) is 5.89. The summed E-state index contributed by atoms with van der Waals surface area (Å²) in [6, 6.07) is 0. The number of hydrogen-bond acceptors (Lipinski definition) is 2. The Morgan fingerprint density at radius 3 is 2.23 bits per heavy atom. The summed E-state index contributed by atoms with van der Waals surface area (Å²) >= 11 is 0. The van der Waals surface area contributed by atoms with Crippen LogP contribution in [0.25, 0.3) is 0 Å². The number of unbranched alkanes of at least 4 members (excludes halogenated alkanes) is 2. The smallest absolute Gasteiger partial charge is 0.306 e. The predicted molar refractivity (Wildman–Crippen MR) is 91.8 cm³/mol. The van der Waals surface area contributed by atoms with E-state index in [9.17, 15) is 4.79 Å². The lowest BCUT2D eigenvalue weighted by Crippen LogP contribution is -2.20. The molecular weight excluding hydrogens is 272 g/mol. The molecule has 2 aliphatic rings.